The van der Waals surface area contributed by atoms with Crippen molar-refractivity contribution in [3.05, 3.63) is 164 Å². The number of rotatable bonds is 10. The quantitative estimate of drug-likeness (QED) is 0.269. The highest BCUT2D eigenvalue weighted by molar-refractivity contribution is 5.62. The van der Waals surface area contributed by atoms with Crippen molar-refractivity contribution in [3.63, 3.8) is 0 Å². The van der Waals surface area contributed by atoms with E-state index < -0.39 is 0 Å². The van der Waals surface area contributed by atoms with Crippen LogP contribution in [0.4, 0.5) is 0 Å². The first kappa shape index (κ1) is 32.3. The molecule has 0 spiro atoms. The van der Waals surface area contributed by atoms with Crippen molar-refractivity contribution in [1.82, 2.24) is 0 Å². The van der Waals surface area contributed by atoms with Crippen LogP contribution in [0.2, 0.25) is 0 Å². The minimum Gasteiger partial charge on any atom is -0.0620 e. The normalized spacial score (nSPS) is 14.3. The van der Waals surface area contributed by atoms with E-state index in [2.05, 4.69) is 179 Å². The molecule has 2 aromatic rings. The van der Waals surface area contributed by atoms with Crippen LogP contribution in [0.5, 0.6) is 0 Å². The summed E-state index contributed by atoms with van der Waals surface area (Å²) in [6.45, 7) is 21.6. The minimum absolute atomic E-state index is 1.21. The van der Waals surface area contributed by atoms with Gasteiger partial charge in [0.05, 0.1) is 0 Å². The maximum atomic E-state index is 2.23. The van der Waals surface area contributed by atoms with Gasteiger partial charge in [-0.25, -0.2) is 0 Å². The predicted octanol–water partition coefficient (Wildman–Crippen LogP) is 11.7. The standard InChI is InChI=1S/C40H48/c1-29(17-13-19-31(3)21-27-39-35(7)25-23-33(5)37(39)9)15-11-12-16-30(2)18-14-20-32(4)22-28-40-36(8)26-24-34(6)38(40)10/h11-28H,1-10H3. The number of benzene rings is 2. The van der Waals surface area contributed by atoms with Gasteiger partial charge in [-0.3, -0.25) is 0 Å². The van der Waals surface area contributed by atoms with E-state index in [1.54, 1.807) is 0 Å². The monoisotopic (exact) mass is 528 g/mol. The molecule has 0 amide bonds. The van der Waals surface area contributed by atoms with Gasteiger partial charge in [-0.05, 0) is 114 Å². The highest BCUT2D eigenvalue weighted by Crippen LogP contribution is 2.21. The number of hydrogen-bond donors (Lipinski definition) is 0. The number of aryl methyl sites for hydroxylation is 4. The summed E-state index contributed by atoms with van der Waals surface area (Å²) in [7, 11) is 0. The SMILES string of the molecule is CC(C=CC=C(C)C=Cc1c(C)ccc(C)c1C)=CC=CC=C(C)C=CC=C(C)C=Cc1c(C)ccc(C)c1C. The molecule has 0 heterocycles. The van der Waals surface area contributed by atoms with E-state index in [0.29, 0.717) is 0 Å². The lowest BCUT2D eigenvalue weighted by atomic mass is 9.97. The Hall–Kier alpha value is -3.90. The summed E-state index contributed by atoms with van der Waals surface area (Å²) in [5.41, 5.74) is 15.5. The first-order valence-corrected chi connectivity index (χ1v) is 14.2. The predicted molar refractivity (Wildman–Crippen MR) is 182 cm³/mol. The molecule has 0 radical (unpaired) electrons. The van der Waals surface area contributed by atoms with Crippen molar-refractivity contribution in [2.24, 2.45) is 0 Å². The summed E-state index contributed by atoms with van der Waals surface area (Å²) in [5, 5.41) is 0. The molecule has 2 rings (SSSR count). The highest BCUT2D eigenvalue weighted by atomic mass is 14.1. The second-order valence-corrected chi connectivity index (χ2v) is 10.9. The molecule has 0 saturated carbocycles. The Bertz CT molecular complexity index is 1340. The van der Waals surface area contributed by atoms with Gasteiger partial charge in [0.1, 0.15) is 0 Å². The van der Waals surface area contributed by atoms with Crippen molar-refractivity contribution < 1.29 is 0 Å². The zero-order valence-electron chi connectivity index (χ0n) is 26.4. The molecule has 40 heavy (non-hydrogen) atoms. The molecule has 0 atom stereocenters. The number of allylic oxidation sites excluding steroid dienone is 16. The molecule has 0 aliphatic rings. The van der Waals surface area contributed by atoms with Gasteiger partial charge in [0.2, 0.25) is 0 Å². The van der Waals surface area contributed by atoms with Gasteiger partial charge in [-0.1, -0.05) is 132 Å². The largest absolute Gasteiger partial charge is 0.0620 e. The average molecular weight is 529 g/mol. The van der Waals surface area contributed by atoms with Crippen molar-refractivity contribution in [2.75, 3.05) is 0 Å². The summed E-state index contributed by atoms with van der Waals surface area (Å²) in [5.74, 6) is 0. The van der Waals surface area contributed by atoms with Crippen LogP contribution >= 0.6 is 0 Å². The van der Waals surface area contributed by atoms with Gasteiger partial charge in [-0.15, -0.1) is 0 Å². The Morgan fingerprint density at radius 2 is 0.700 bits per heavy atom. The lowest BCUT2D eigenvalue weighted by molar-refractivity contribution is 1.28. The molecule has 208 valence electrons. The Balaban J connectivity index is 1.91. The molecule has 0 aliphatic carbocycles. The van der Waals surface area contributed by atoms with Gasteiger partial charge in [-0.2, -0.15) is 0 Å². The smallest absolute Gasteiger partial charge is 0.0195 e. The lowest BCUT2D eigenvalue weighted by Gasteiger charge is -2.08. The summed E-state index contributed by atoms with van der Waals surface area (Å²) >= 11 is 0. The Labute approximate surface area is 245 Å². The van der Waals surface area contributed by atoms with E-state index in [-0.39, 0.29) is 0 Å². The fraction of sp³-hybridized carbons (Fsp3) is 0.250. The fourth-order valence-corrected chi connectivity index (χ4v) is 4.23. The van der Waals surface area contributed by atoms with Gasteiger partial charge in [0.15, 0.2) is 0 Å². The molecule has 0 aliphatic heterocycles. The molecular formula is C40H48. The molecule has 0 aromatic heterocycles. The molecule has 0 saturated heterocycles. The van der Waals surface area contributed by atoms with Crippen LogP contribution in [0.1, 0.15) is 72.2 Å². The first-order chi connectivity index (χ1) is 19.0. The fourth-order valence-electron chi connectivity index (χ4n) is 4.23. The third kappa shape index (κ3) is 10.7. The van der Waals surface area contributed by atoms with E-state index >= 15 is 0 Å². The van der Waals surface area contributed by atoms with E-state index in [1.807, 2.05) is 0 Å². The number of hydrogen-bond acceptors (Lipinski definition) is 0. The molecule has 0 unspecified atom stereocenters. The first-order valence-electron chi connectivity index (χ1n) is 14.2. The Kier molecular flexibility index (Phi) is 13.1. The van der Waals surface area contributed by atoms with E-state index in [9.17, 15) is 0 Å². The second-order valence-electron chi connectivity index (χ2n) is 10.9. The maximum absolute atomic E-state index is 2.23. The molecule has 0 nitrogen and oxygen atoms in total. The summed E-state index contributed by atoms with van der Waals surface area (Å²) in [4.78, 5) is 0. The Morgan fingerprint density at radius 1 is 0.400 bits per heavy atom. The second kappa shape index (κ2) is 16.3. The van der Waals surface area contributed by atoms with Crippen LogP contribution in [-0.2, 0) is 0 Å². The van der Waals surface area contributed by atoms with Gasteiger partial charge < -0.3 is 0 Å². The molecule has 0 fully saturated rings. The van der Waals surface area contributed by atoms with Crippen molar-refractivity contribution in [3.8, 4) is 0 Å². The van der Waals surface area contributed by atoms with Crippen molar-refractivity contribution in [1.29, 1.82) is 0 Å². The van der Waals surface area contributed by atoms with E-state index in [0.717, 1.165) is 0 Å². The average Bonchev–Trinajstić information content (AvgIpc) is 2.91. The van der Waals surface area contributed by atoms with Crippen molar-refractivity contribution >= 4 is 12.2 Å². The lowest BCUT2D eigenvalue weighted by Crippen LogP contribution is -1.89. The van der Waals surface area contributed by atoms with Crippen LogP contribution in [0, 0.1) is 41.5 Å². The zero-order valence-corrected chi connectivity index (χ0v) is 26.4. The summed E-state index contributed by atoms with van der Waals surface area (Å²) in [6.07, 6.45) is 30.1. The molecule has 0 heteroatoms. The topological polar surface area (TPSA) is 0 Å². The maximum Gasteiger partial charge on any atom is -0.0195 e. The van der Waals surface area contributed by atoms with Crippen LogP contribution < -0.4 is 0 Å². The van der Waals surface area contributed by atoms with Gasteiger partial charge in [0, 0.05) is 0 Å². The highest BCUT2D eigenvalue weighted by Gasteiger charge is 2.02. The molecule has 0 bridgehead atoms. The van der Waals surface area contributed by atoms with Crippen LogP contribution in [0.15, 0.2) is 119 Å². The van der Waals surface area contributed by atoms with Crippen LogP contribution in [0.25, 0.3) is 12.2 Å². The summed E-state index contributed by atoms with van der Waals surface area (Å²) < 4.78 is 0. The molecule has 2 aromatic carbocycles. The van der Waals surface area contributed by atoms with E-state index in [4.69, 9.17) is 0 Å². The van der Waals surface area contributed by atoms with Crippen molar-refractivity contribution in [2.45, 2.75) is 69.2 Å². The van der Waals surface area contributed by atoms with E-state index in [1.165, 1.54) is 66.8 Å². The van der Waals surface area contributed by atoms with Crippen LogP contribution in [0.3, 0.4) is 0 Å². The Morgan fingerprint density at radius 3 is 1.07 bits per heavy atom. The minimum atomic E-state index is 1.21. The molecular weight excluding hydrogens is 480 g/mol. The van der Waals surface area contributed by atoms with Crippen LogP contribution in [-0.4, -0.2) is 0 Å². The third-order valence-corrected chi connectivity index (χ3v) is 7.30. The van der Waals surface area contributed by atoms with Gasteiger partial charge >= 0.3 is 0 Å². The van der Waals surface area contributed by atoms with Gasteiger partial charge in [0.25, 0.3) is 0 Å². The summed E-state index contributed by atoms with van der Waals surface area (Å²) in [6, 6.07) is 8.78. The molecule has 0 N–H and O–H groups in total. The third-order valence-electron chi connectivity index (χ3n) is 7.30. The zero-order chi connectivity index (χ0) is 29.7.